The molecule has 162 valence electrons. The van der Waals surface area contributed by atoms with Crippen molar-refractivity contribution in [2.45, 2.75) is 20.0 Å². The lowest BCUT2D eigenvalue weighted by atomic mass is 10.1. The second-order valence-electron chi connectivity index (χ2n) is 6.95. The van der Waals surface area contributed by atoms with Gasteiger partial charge in [-0.05, 0) is 38.1 Å². The summed E-state index contributed by atoms with van der Waals surface area (Å²) in [6.45, 7) is 6.45. The van der Waals surface area contributed by atoms with Crippen molar-refractivity contribution in [3.8, 4) is 11.5 Å². The zero-order chi connectivity index (χ0) is 21.3. The van der Waals surface area contributed by atoms with E-state index in [0.29, 0.717) is 29.4 Å². The lowest BCUT2D eigenvalue weighted by molar-refractivity contribution is 0.0374. The molecule has 2 aromatic rings. The van der Waals surface area contributed by atoms with Gasteiger partial charge in [0.05, 0.1) is 20.3 Å². The zero-order valence-corrected chi connectivity index (χ0v) is 17.3. The van der Waals surface area contributed by atoms with Crippen molar-refractivity contribution in [1.29, 1.82) is 0 Å². The molecule has 2 heterocycles. The molecule has 1 aromatic heterocycles. The fourth-order valence-electron chi connectivity index (χ4n) is 3.06. The second-order valence-corrected chi connectivity index (χ2v) is 6.95. The minimum atomic E-state index is -0.282. The number of hydrogen-bond donors (Lipinski definition) is 1. The van der Waals surface area contributed by atoms with Gasteiger partial charge in [-0.2, -0.15) is 0 Å². The molecule has 1 fully saturated rings. The summed E-state index contributed by atoms with van der Waals surface area (Å²) in [6, 6.07) is 6.49. The number of methoxy groups -OCH3 is 1. The van der Waals surface area contributed by atoms with Crippen molar-refractivity contribution < 1.29 is 28.3 Å². The molecule has 0 spiro atoms. The minimum Gasteiger partial charge on any atom is -0.493 e. The van der Waals surface area contributed by atoms with Gasteiger partial charge in [0.25, 0.3) is 5.91 Å². The molecule has 1 N–H and O–H groups in total. The van der Waals surface area contributed by atoms with Crippen LogP contribution in [0.1, 0.15) is 40.0 Å². The number of carbonyl (C=O) groups excluding carboxylic acids is 2. The lowest BCUT2D eigenvalue weighted by Gasteiger charge is -2.26. The van der Waals surface area contributed by atoms with Gasteiger partial charge in [-0.25, -0.2) is 0 Å². The third-order valence-electron chi connectivity index (χ3n) is 4.77. The molecule has 3 rings (SSSR count). The van der Waals surface area contributed by atoms with Crippen molar-refractivity contribution in [2.75, 3.05) is 46.5 Å². The largest absolute Gasteiger partial charge is 0.493 e. The zero-order valence-electron chi connectivity index (χ0n) is 17.3. The third kappa shape index (κ3) is 6.04. The first kappa shape index (κ1) is 21.8. The van der Waals surface area contributed by atoms with Crippen molar-refractivity contribution in [3.63, 3.8) is 0 Å². The van der Waals surface area contributed by atoms with Crippen LogP contribution < -0.4 is 14.8 Å². The normalized spacial score (nSPS) is 14.3. The molecule has 0 radical (unpaired) electrons. The van der Waals surface area contributed by atoms with Crippen LogP contribution in [-0.2, 0) is 11.3 Å². The van der Waals surface area contributed by atoms with Crippen LogP contribution in [0.2, 0.25) is 0 Å². The van der Waals surface area contributed by atoms with E-state index in [1.54, 1.807) is 24.3 Å². The fourth-order valence-corrected chi connectivity index (χ4v) is 3.06. The average Bonchev–Trinajstić information content (AvgIpc) is 3.25. The Bertz CT molecular complexity index is 860. The van der Waals surface area contributed by atoms with Crippen molar-refractivity contribution in [1.82, 2.24) is 15.4 Å². The summed E-state index contributed by atoms with van der Waals surface area (Å²) in [5.41, 5.74) is 0.741. The Hall–Kier alpha value is -2.91. The number of nitrogens with one attached hydrogen (secondary N) is 1. The van der Waals surface area contributed by atoms with E-state index in [1.807, 2.05) is 0 Å². The van der Waals surface area contributed by atoms with E-state index in [2.05, 4.69) is 15.4 Å². The van der Waals surface area contributed by atoms with E-state index >= 15 is 0 Å². The van der Waals surface area contributed by atoms with Gasteiger partial charge in [-0.15, -0.1) is 0 Å². The Kier molecular flexibility index (Phi) is 7.81. The van der Waals surface area contributed by atoms with E-state index in [-0.39, 0.29) is 24.0 Å². The lowest BCUT2D eigenvalue weighted by Crippen LogP contribution is -2.38. The summed E-state index contributed by atoms with van der Waals surface area (Å²) in [5, 5.41) is 6.66. The Morgan fingerprint density at radius 2 is 2.00 bits per heavy atom. The molecule has 1 aromatic carbocycles. The number of rotatable bonds is 10. The molecular weight excluding hydrogens is 390 g/mol. The van der Waals surface area contributed by atoms with E-state index in [1.165, 1.54) is 14.0 Å². The number of aromatic nitrogens is 1. The van der Waals surface area contributed by atoms with Crippen molar-refractivity contribution >= 4 is 11.7 Å². The smallest absolute Gasteiger partial charge is 0.273 e. The number of benzene rings is 1. The Balaban J connectivity index is 1.45. The number of Topliss-reactive ketones (excluding diaryl/α,β-unsaturated/α-hetero) is 1. The van der Waals surface area contributed by atoms with E-state index in [0.717, 1.165) is 39.3 Å². The van der Waals surface area contributed by atoms with E-state index in [9.17, 15) is 9.59 Å². The molecule has 9 nitrogen and oxygen atoms in total. The van der Waals surface area contributed by atoms with Gasteiger partial charge in [-0.3, -0.25) is 14.5 Å². The van der Waals surface area contributed by atoms with Crippen LogP contribution in [0.3, 0.4) is 0 Å². The highest BCUT2D eigenvalue weighted by molar-refractivity contribution is 5.94. The van der Waals surface area contributed by atoms with Crippen molar-refractivity contribution in [3.05, 3.63) is 41.3 Å². The molecule has 1 aliphatic heterocycles. The molecule has 1 aliphatic rings. The van der Waals surface area contributed by atoms with Crippen LogP contribution in [0.5, 0.6) is 11.5 Å². The van der Waals surface area contributed by atoms with E-state index < -0.39 is 0 Å². The van der Waals surface area contributed by atoms with Crippen LogP contribution in [0.15, 0.2) is 28.8 Å². The van der Waals surface area contributed by atoms with E-state index in [4.69, 9.17) is 18.7 Å². The first-order chi connectivity index (χ1) is 14.6. The summed E-state index contributed by atoms with van der Waals surface area (Å²) in [4.78, 5) is 26.0. The van der Waals surface area contributed by atoms with Crippen LogP contribution in [0.25, 0.3) is 0 Å². The first-order valence-electron chi connectivity index (χ1n) is 9.92. The highest BCUT2D eigenvalue weighted by Gasteiger charge is 2.15. The standard InChI is InChI=1S/C21H27N3O6/c1-15(25)16-4-5-19(20(12-16)27-2)29-14-17-13-18(23-30-17)21(26)22-6-3-7-24-8-10-28-11-9-24/h4-5,12-13H,3,6-11,14H2,1-2H3,(H,22,26). The number of carbonyl (C=O) groups is 2. The molecule has 1 saturated heterocycles. The summed E-state index contributed by atoms with van der Waals surface area (Å²) in [6.07, 6.45) is 0.857. The summed E-state index contributed by atoms with van der Waals surface area (Å²) in [7, 11) is 1.50. The van der Waals surface area contributed by atoms with Gasteiger partial charge in [0.1, 0.15) is 6.61 Å². The maximum absolute atomic E-state index is 12.2. The second kappa shape index (κ2) is 10.7. The maximum Gasteiger partial charge on any atom is 0.273 e. The molecular formula is C21H27N3O6. The molecule has 0 atom stereocenters. The number of amides is 1. The predicted molar refractivity (Wildman–Crippen MR) is 108 cm³/mol. The van der Waals surface area contributed by atoms with Gasteiger partial charge in [0, 0.05) is 31.3 Å². The SMILES string of the molecule is COc1cc(C(C)=O)ccc1OCc1cc(C(=O)NCCCN2CCOCC2)no1. The summed E-state index contributed by atoms with van der Waals surface area (Å²) < 4.78 is 21.5. The highest BCUT2D eigenvalue weighted by atomic mass is 16.5. The van der Waals surface area contributed by atoms with Crippen LogP contribution >= 0.6 is 0 Å². The monoisotopic (exact) mass is 417 g/mol. The maximum atomic E-state index is 12.2. The summed E-state index contributed by atoms with van der Waals surface area (Å²) >= 11 is 0. The van der Waals surface area contributed by atoms with Crippen LogP contribution in [0.4, 0.5) is 0 Å². The van der Waals surface area contributed by atoms with Gasteiger partial charge >= 0.3 is 0 Å². The number of hydrogen-bond acceptors (Lipinski definition) is 8. The molecule has 9 heteroatoms. The predicted octanol–water partition coefficient (Wildman–Crippen LogP) is 1.92. The molecule has 0 saturated carbocycles. The van der Waals surface area contributed by atoms with Gasteiger partial charge in [0.15, 0.2) is 28.7 Å². The molecule has 0 bridgehead atoms. The summed E-state index contributed by atoms with van der Waals surface area (Å²) in [5.74, 6) is 0.977. The van der Waals surface area contributed by atoms with Crippen molar-refractivity contribution in [2.24, 2.45) is 0 Å². The van der Waals surface area contributed by atoms with Crippen LogP contribution in [-0.4, -0.2) is 68.2 Å². The minimum absolute atomic E-state index is 0.0596. The fraction of sp³-hybridized carbons (Fsp3) is 0.476. The Morgan fingerprint density at radius 3 is 2.73 bits per heavy atom. The van der Waals surface area contributed by atoms with Gasteiger partial charge in [-0.1, -0.05) is 5.16 Å². The molecule has 0 unspecified atom stereocenters. The third-order valence-corrected chi connectivity index (χ3v) is 4.77. The number of nitrogens with zero attached hydrogens (tertiary/aromatic N) is 2. The quantitative estimate of drug-likeness (QED) is 0.462. The van der Waals surface area contributed by atoms with Gasteiger partial charge < -0.3 is 24.1 Å². The number of morpholine rings is 1. The first-order valence-corrected chi connectivity index (χ1v) is 9.92. The van der Waals surface area contributed by atoms with Gasteiger partial charge in [0.2, 0.25) is 0 Å². The average molecular weight is 417 g/mol. The Labute approximate surface area is 175 Å². The Morgan fingerprint density at radius 1 is 1.20 bits per heavy atom. The molecule has 1 amide bonds. The highest BCUT2D eigenvalue weighted by Crippen LogP contribution is 2.29. The van der Waals surface area contributed by atoms with Crippen LogP contribution in [0, 0.1) is 0 Å². The molecule has 30 heavy (non-hydrogen) atoms. The molecule has 0 aliphatic carbocycles. The number of ketones is 1. The number of ether oxygens (including phenoxy) is 3. The topological polar surface area (TPSA) is 103 Å².